The van der Waals surface area contributed by atoms with E-state index in [1.165, 1.54) is 20.0 Å². The number of likely N-dealkylation sites (tertiary alicyclic amines) is 1. The summed E-state index contributed by atoms with van der Waals surface area (Å²) in [7, 11) is 1.43. The molecule has 1 aliphatic rings. The Bertz CT molecular complexity index is 316. The number of esters is 1. The lowest BCUT2D eigenvalue weighted by molar-refractivity contribution is -0.140. The Balaban J connectivity index is 0.00000400. The number of methoxy groups -OCH3 is 1. The fraction of sp³-hybridized carbons (Fsp3) is 0.867. The van der Waals surface area contributed by atoms with Crippen LogP contribution in [0.4, 0.5) is 0 Å². The molecule has 0 saturated carbocycles. The second-order valence-corrected chi connectivity index (χ2v) is 5.44. The number of aliphatic imine (C=N–C) groups is 1. The van der Waals surface area contributed by atoms with Crippen molar-refractivity contribution in [1.82, 2.24) is 10.2 Å². The van der Waals surface area contributed by atoms with Gasteiger partial charge >= 0.3 is 5.97 Å². The van der Waals surface area contributed by atoms with Crippen LogP contribution in [0.25, 0.3) is 0 Å². The molecule has 0 atom stereocenters. The highest BCUT2D eigenvalue weighted by Gasteiger charge is 2.18. The maximum Gasteiger partial charge on any atom is 0.305 e. The summed E-state index contributed by atoms with van der Waals surface area (Å²) >= 11 is 0. The minimum atomic E-state index is -0.133. The normalized spacial score (nSPS) is 16.3. The monoisotopic (exact) mass is 411 g/mol. The van der Waals surface area contributed by atoms with Gasteiger partial charge in [-0.25, -0.2) is 0 Å². The molecular weight excluding hydrogens is 381 g/mol. The molecule has 0 aliphatic carbocycles. The highest BCUT2D eigenvalue weighted by Crippen LogP contribution is 2.15. The van der Waals surface area contributed by atoms with Gasteiger partial charge in [0.15, 0.2) is 5.96 Å². The van der Waals surface area contributed by atoms with Gasteiger partial charge in [0.25, 0.3) is 0 Å². The van der Waals surface area contributed by atoms with Crippen LogP contribution < -0.4 is 5.32 Å². The van der Waals surface area contributed by atoms with Gasteiger partial charge in [0.1, 0.15) is 0 Å². The number of hydrogen-bond acceptors (Lipinski definition) is 3. The third-order valence-electron chi connectivity index (χ3n) is 3.70. The Kier molecular flexibility index (Phi) is 11.8. The first-order valence-electron chi connectivity index (χ1n) is 7.77. The highest BCUT2D eigenvalue weighted by molar-refractivity contribution is 14.0. The molecule has 1 saturated heterocycles. The van der Waals surface area contributed by atoms with Crippen molar-refractivity contribution < 1.29 is 9.53 Å². The molecule has 0 amide bonds. The van der Waals surface area contributed by atoms with E-state index >= 15 is 0 Å². The van der Waals surface area contributed by atoms with E-state index < -0.39 is 0 Å². The SMILES string of the molecule is CCNC(=NCCCCC(=O)OC)N1CCC(C)CC1.I. The molecule has 1 fully saturated rings. The summed E-state index contributed by atoms with van der Waals surface area (Å²) in [6.07, 6.45) is 4.74. The first-order valence-corrected chi connectivity index (χ1v) is 7.77. The fourth-order valence-electron chi connectivity index (χ4n) is 2.31. The molecule has 1 N–H and O–H groups in total. The number of nitrogens with zero attached hydrogens (tertiary/aromatic N) is 2. The van der Waals surface area contributed by atoms with E-state index in [4.69, 9.17) is 0 Å². The van der Waals surface area contributed by atoms with Gasteiger partial charge in [0.2, 0.25) is 0 Å². The summed E-state index contributed by atoms with van der Waals surface area (Å²) in [5.41, 5.74) is 0. The van der Waals surface area contributed by atoms with Crippen LogP contribution in [-0.4, -0.2) is 50.1 Å². The molecule has 5 nitrogen and oxygen atoms in total. The molecule has 0 aromatic rings. The lowest BCUT2D eigenvalue weighted by atomic mass is 10.00. The summed E-state index contributed by atoms with van der Waals surface area (Å²) < 4.78 is 4.63. The molecule has 0 aromatic heterocycles. The van der Waals surface area contributed by atoms with Crippen LogP contribution in [-0.2, 0) is 9.53 Å². The zero-order valence-corrected chi connectivity index (χ0v) is 15.9. The summed E-state index contributed by atoms with van der Waals surface area (Å²) in [5, 5.41) is 3.36. The zero-order valence-electron chi connectivity index (χ0n) is 13.6. The molecule has 1 rings (SSSR count). The van der Waals surface area contributed by atoms with Crippen LogP contribution in [0.3, 0.4) is 0 Å². The summed E-state index contributed by atoms with van der Waals surface area (Å²) in [6.45, 7) is 8.26. The summed E-state index contributed by atoms with van der Waals surface area (Å²) in [4.78, 5) is 18.0. The molecular formula is C15H30IN3O2. The number of rotatable bonds is 6. The lowest BCUT2D eigenvalue weighted by Crippen LogP contribution is -2.45. The van der Waals surface area contributed by atoms with Crippen molar-refractivity contribution >= 4 is 35.9 Å². The summed E-state index contributed by atoms with van der Waals surface area (Å²) in [6, 6.07) is 0. The second-order valence-electron chi connectivity index (χ2n) is 5.44. The highest BCUT2D eigenvalue weighted by atomic mass is 127. The topological polar surface area (TPSA) is 53.9 Å². The number of halogens is 1. The number of hydrogen-bond donors (Lipinski definition) is 1. The third kappa shape index (κ3) is 8.48. The van der Waals surface area contributed by atoms with Crippen molar-refractivity contribution in [2.24, 2.45) is 10.9 Å². The number of unbranched alkanes of at least 4 members (excludes halogenated alkanes) is 1. The quantitative estimate of drug-likeness (QED) is 0.240. The van der Waals surface area contributed by atoms with E-state index in [9.17, 15) is 4.79 Å². The van der Waals surface area contributed by atoms with Crippen molar-refractivity contribution in [1.29, 1.82) is 0 Å². The molecule has 1 heterocycles. The van der Waals surface area contributed by atoms with E-state index in [0.717, 1.165) is 50.9 Å². The van der Waals surface area contributed by atoms with Gasteiger partial charge in [-0.05, 0) is 38.5 Å². The van der Waals surface area contributed by atoms with Crippen LogP contribution in [0.2, 0.25) is 0 Å². The van der Waals surface area contributed by atoms with Crippen LogP contribution in [0.5, 0.6) is 0 Å². The molecule has 0 aromatic carbocycles. The van der Waals surface area contributed by atoms with E-state index in [2.05, 4.69) is 33.8 Å². The fourth-order valence-corrected chi connectivity index (χ4v) is 2.31. The lowest BCUT2D eigenvalue weighted by Gasteiger charge is -2.33. The van der Waals surface area contributed by atoms with Gasteiger partial charge in [0.05, 0.1) is 7.11 Å². The minimum Gasteiger partial charge on any atom is -0.469 e. The second kappa shape index (κ2) is 12.1. The van der Waals surface area contributed by atoms with Crippen molar-refractivity contribution in [3.05, 3.63) is 0 Å². The van der Waals surface area contributed by atoms with E-state index in [1.54, 1.807) is 0 Å². The smallest absolute Gasteiger partial charge is 0.305 e. The van der Waals surface area contributed by atoms with Crippen LogP contribution in [0, 0.1) is 5.92 Å². The Labute approximate surface area is 145 Å². The maximum atomic E-state index is 11.0. The first kappa shape index (κ1) is 20.5. The number of nitrogens with one attached hydrogen (secondary N) is 1. The Morgan fingerprint density at radius 1 is 1.33 bits per heavy atom. The van der Waals surface area contributed by atoms with E-state index in [0.29, 0.717) is 6.42 Å². The van der Waals surface area contributed by atoms with Gasteiger partial charge in [-0.1, -0.05) is 6.92 Å². The number of carbonyl (C=O) groups is 1. The zero-order chi connectivity index (χ0) is 14.8. The number of piperidine rings is 1. The van der Waals surface area contributed by atoms with E-state index in [1.807, 2.05) is 0 Å². The van der Waals surface area contributed by atoms with Crippen molar-refractivity contribution in [3.63, 3.8) is 0 Å². The number of guanidine groups is 1. The number of ether oxygens (including phenoxy) is 1. The largest absolute Gasteiger partial charge is 0.469 e. The molecule has 21 heavy (non-hydrogen) atoms. The van der Waals surface area contributed by atoms with Crippen molar-refractivity contribution in [2.45, 2.75) is 46.0 Å². The van der Waals surface area contributed by atoms with Gasteiger partial charge in [-0.15, -0.1) is 24.0 Å². The van der Waals surface area contributed by atoms with Crippen LogP contribution in [0.1, 0.15) is 46.0 Å². The first-order chi connectivity index (χ1) is 9.67. The van der Waals surface area contributed by atoms with Crippen molar-refractivity contribution in [2.75, 3.05) is 33.3 Å². The predicted octanol–water partition coefficient (Wildman–Crippen LogP) is 2.65. The van der Waals surface area contributed by atoms with Crippen LogP contribution in [0.15, 0.2) is 4.99 Å². The van der Waals surface area contributed by atoms with Gasteiger partial charge < -0.3 is 15.0 Å². The predicted molar refractivity (Wildman–Crippen MR) is 97.2 cm³/mol. The Morgan fingerprint density at radius 3 is 2.57 bits per heavy atom. The maximum absolute atomic E-state index is 11.0. The van der Waals surface area contributed by atoms with Gasteiger partial charge in [0, 0.05) is 32.6 Å². The third-order valence-corrected chi connectivity index (χ3v) is 3.70. The standard InChI is InChI=1S/C15H29N3O2.HI/c1-4-16-15(18-11-8-13(2)9-12-18)17-10-6-5-7-14(19)20-3;/h13H,4-12H2,1-3H3,(H,16,17);1H. The summed E-state index contributed by atoms with van der Waals surface area (Å²) in [5.74, 6) is 1.72. The van der Waals surface area contributed by atoms with Gasteiger partial charge in [-0.3, -0.25) is 9.79 Å². The minimum absolute atomic E-state index is 0. The number of carbonyl (C=O) groups excluding carboxylic acids is 1. The molecule has 0 unspecified atom stereocenters. The molecule has 0 radical (unpaired) electrons. The van der Waals surface area contributed by atoms with Crippen molar-refractivity contribution in [3.8, 4) is 0 Å². The van der Waals surface area contributed by atoms with E-state index in [-0.39, 0.29) is 29.9 Å². The van der Waals surface area contributed by atoms with Gasteiger partial charge in [-0.2, -0.15) is 0 Å². The average molecular weight is 411 g/mol. The molecule has 6 heteroatoms. The molecule has 124 valence electrons. The Morgan fingerprint density at radius 2 is 2.00 bits per heavy atom. The Hall–Kier alpha value is -0.530. The molecule has 0 spiro atoms. The average Bonchev–Trinajstić information content (AvgIpc) is 2.46. The molecule has 0 bridgehead atoms. The van der Waals surface area contributed by atoms with Crippen LogP contribution >= 0.6 is 24.0 Å². The molecule has 1 aliphatic heterocycles.